The molecule has 2 heterocycles. The first kappa shape index (κ1) is 19.4. The molecule has 7 nitrogen and oxygen atoms in total. The Kier molecular flexibility index (Phi) is 5.07. The third kappa shape index (κ3) is 3.12. The van der Waals surface area contributed by atoms with E-state index in [9.17, 15) is 10.1 Å². The van der Waals surface area contributed by atoms with Gasteiger partial charge in [0.05, 0.1) is 30.1 Å². The Morgan fingerprint density at radius 2 is 1.83 bits per heavy atom. The van der Waals surface area contributed by atoms with E-state index in [4.69, 9.17) is 24.4 Å². The summed E-state index contributed by atoms with van der Waals surface area (Å²) in [4.78, 5) is 13.3. The first-order valence-corrected chi connectivity index (χ1v) is 9.61. The van der Waals surface area contributed by atoms with E-state index in [0.717, 1.165) is 0 Å². The molecule has 0 fully saturated rings. The maximum atomic E-state index is 13.3. The maximum Gasteiger partial charge on any atom is 0.300 e. The summed E-state index contributed by atoms with van der Waals surface area (Å²) in [6.45, 7) is 4.66. The summed E-state index contributed by atoms with van der Waals surface area (Å²) < 4.78 is 22.7. The molecule has 0 unspecified atom stereocenters. The van der Waals surface area contributed by atoms with Crippen molar-refractivity contribution in [3.63, 3.8) is 0 Å². The smallest absolute Gasteiger partial charge is 0.300 e. The van der Waals surface area contributed by atoms with Crippen LogP contribution in [0.2, 0.25) is 0 Å². The van der Waals surface area contributed by atoms with Gasteiger partial charge in [0.2, 0.25) is 11.3 Å². The van der Waals surface area contributed by atoms with E-state index < -0.39 is 5.92 Å². The van der Waals surface area contributed by atoms with Crippen LogP contribution >= 0.6 is 0 Å². The molecule has 1 atom stereocenters. The van der Waals surface area contributed by atoms with E-state index in [1.54, 1.807) is 42.5 Å². The highest BCUT2D eigenvalue weighted by molar-refractivity contribution is 5.78. The van der Waals surface area contributed by atoms with Crippen LogP contribution in [0.3, 0.4) is 0 Å². The first-order valence-electron chi connectivity index (χ1n) is 9.61. The van der Waals surface area contributed by atoms with Crippen molar-refractivity contribution in [2.45, 2.75) is 19.8 Å². The molecule has 2 aromatic carbocycles. The number of nitriles is 1. The normalized spacial score (nSPS) is 15.3. The lowest BCUT2D eigenvalue weighted by atomic mass is 9.84. The van der Waals surface area contributed by atoms with E-state index in [1.807, 2.05) is 13.8 Å². The summed E-state index contributed by atoms with van der Waals surface area (Å²) in [5.41, 5.74) is 7.14. The van der Waals surface area contributed by atoms with Crippen molar-refractivity contribution in [2.24, 2.45) is 5.73 Å². The molecule has 1 aromatic heterocycles. The monoisotopic (exact) mass is 404 g/mol. The molecule has 0 amide bonds. The van der Waals surface area contributed by atoms with Crippen LogP contribution < -0.4 is 25.4 Å². The first-order chi connectivity index (χ1) is 14.6. The van der Waals surface area contributed by atoms with Crippen molar-refractivity contribution < 1.29 is 18.6 Å². The minimum atomic E-state index is -0.755. The van der Waals surface area contributed by atoms with Crippen LogP contribution in [0.25, 0.3) is 11.0 Å². The quantitative estimate of drug-likeness (QED) is 0.689. The van der Waals surface area contributed by atoms with E-state index in [0.29, 0.717) is 41.2 Å². The number of para-hydroxylation sites is 1. The summed E-state index contributed by atoms with van der Waals surface area (Å²) in [6, 6.07) is 14.3. The van der Waals surface area contributed by atoms with Gasteiger partial charge in [-0.1, -0.05) is 18.2 Å². The summed E-state index contributed by atoms with van der Waals surface area (Å²) in [5, 5.41) is 10.2. The molecule has 1 aliphatic heterocycles. The minimum absolute atomic E-state index is 0.00737. The Morgan fingerprint density at radius 3 is 2.57 bits per heavy atom. The summed E-state index contributed by atoms with van der Waals surface area (Å²) >= 11 is 0. The summed E-state index contributed by atoms with van der Waals surface area (Å²) in [6.07, 6.45) is 0. The van der Waals surface area contributed by atoms with Crippen LogP contribution in [-0.2, 0) is 0 Å². The van der Waals surface area contributed by atoms with Crippen molar-refractivity contribution in [1.82, 2.24) is 0 Å². The average Bonchev–Trinajstić information content (AvgIpc) is 2.74. The molecule has 4 rings (SSSR count). The lowest BCUT2D eigenvalue weighted by Crippen LogP contribution is -2.26. The zero-order valence-electron chi connectivity index (χ0n) is 16.6. The molecule has 152 valence electrons. The van der Waals surface area contributed by atoms with E-state index in [1.165, 1.54) is 0 Å². The van der Waals surface area contributed by atoms with E-state index in [-0.39, 0.29) is 28.4 Å². The van der Waals surface area contributed by atoms with Crippen LogP contribution in [0.15, 0.2) is 63.1 Å². The fourth-order valence-electron chi connectivity index (χ4n) is 3.60. The van der Waals surface area contributed by atoms with Crippen LogP contribution in [0.5, 0.6) is 17.4 Å². The van der Waals surface area contributed by atoms with Gasteiger partial charge < -0.3 is 24.4 Å². The molecule has 0 saturated heterocycles. The highest BCUT2D eigenvalue weighted by Gasteiger charge is 2.36. The van der Waals surface area contributed by atoms with Crippen LogP contribution in [0, 0.1) is 11.3 Å². The van der Waals surface area contributed by atoms with Crippen LogP contribution in [0.1, 0.15) is 30.9 Å². The second kappa shape index (κ2) is 7.84. The van der Waals surface area contributed by atoms with Crippen molar-refractivity contribution in [2.75, 3.05) is 13.2 Å². The number of hydrogen-bond acceptors (Lipinski definition) is 7. The van der Waals surface area contributed by atoms with Crippen LogP contribution in [0.4, 0.5) is 0 Å². The molecule has 0 aliphatic carbocycles. The van der Waals surface area contributed by atoms with Gasteiger partial charge in [-0.15, -0.1) is 0 Å². The van der Waals surface area contributed by atoms with Crippen molar-refractivity contribution in [3.8, 4) is 23.5 Å². The fourth-order valence-corrected chi connectivity index (χ4v) is 3.60. The van der Waals surface area contributed by atoms with Crippen molar-refractivity contribution in [3.05, 3.63) is 75.3 Å². The van der Waals surface area contributed by atoms with E-state index >= 15 is 0 Å². The van der Waals surface area contributed by atoms with Gasteiger partial charge in [0.25, 0.3) is 5.95 Å². The van der Waals surface area contributed by atoms with E-state index in [2.05, 4.69) is 6.07 Å². The third-order valence-electron chi connectivity index (χ3n) is 4.87. The lowest BCUT2D eigenvalue weighted by molar-refractivity contribution is 0.286. The lowest BCUT2D eigenvalue weighted by Gasteiger charge is -2.25. The number of fused-ring (bicyclic) bond motifs is 2. The molecule has 2 N–H and O–H groups in total. The number of ether oxygens (including phenoxy) is 3. The molecule has 0 bridgehead atoms. The minimum Gasteiger partial charge on any atom is -0.490 e. The Bertz CT molecular complexity index is 1250. The molecular formula is C23H20N2O5. The SMILES string of the molecule is CCOc1ccc([C@@H]2C(C#N)=C(N)Oc3oc4ccccc4c(=O)c32)cc1OCC. The summed E-state index contributed by atoms with van der Waals surface area (Å²) in [5.74, 6) is 0.240. The second-order valence-electron chi connectivity index (χ2n) is 6.63. The Morgan fingerprint density at radius 1 is 1.10 bits per heavy atom. The molecule has 7 heteroatoms. The molecule has 30 heavy (non-hydrogen) atoms. The highest BCUT2D eigenvalue weighted by atomic mass is 16.6. The number of rotatable bonds is 5. The zero-order chi connectivity index (χ0) is 21.3. The fraction of sp³-hybridized carbons (Fsp3) is 0.217. The van der Waals surface area contributed by atoms with Gasteiger partial charge in [-0.2, -0.15) is 5.26 Å². The molecular weight excluding hydrogens is 384 g/mol. The Hall–Kier alpha value is -3.92. The number of nitrogens with two attached hydrogens (primary N) is 1. The zero-order valence-corrected chi connectivity index (χ0v) is 16.6. The largest absolute Gasteiger partial charge is 0.490 e. The van der Waals surface area contributed by atoms with Crippen molar-refractivity contribution >= 4 is 11.0 Å². The maximum absolute atomic E-state index is 13.3. The Balaban J connectivity index is 1.98. The van der Waals surface area contributed by atoms with Gasteiger partial charge in [-0.05, 0) is 43.7 Å². The molecule has 0 radical (unpaired) electrons. The molecule has 1 aliphatic rings. The number of benzene rings is 2. The molecule has 0 saturated carbocycles. The molecule has 3 aromatic rings. The summed E-state index contributed by atoms with van der Waals surface area (Å²) in [7, 11) is 0. The average molecular weight is 404 g/mol. The highest BCUT2D eigenvalue weighted by Crippen LogP contribution is 2.43. The van der Waals surface area contributed by atoms with Gasteiger partial charge in [0.1, 0.15) is 17.2 Å². The number of hydrogen-bond donors (Lipinski definition) is 1. The standard InChI is InChI=1S/C23H20N2O5/c1-3-27-17-10-9-13(11-18(17)28-4-2)19-15(12-24)22(25)30-23-20(19)21(26)14-7-5-6-8-16(14)29-23/h5-11,19H,3-4,25H2,1-2H3/t19-/m1/s1. The van der Waals surface area contributed by atoms with Gasteiger partial charge in [0.15, 0.2) is 11.5 Å². The van der Waals surface area contributed by atoms with Gasteiger partial charge in [-0.3, -0.25) is 4.79 Å². The Labute approximate surface area is 172 Å². The van der Waals surface area contributed by atoms with Crippen LogP contribution in [-0.4, -0.2) is 13.2 Å². The third-order valence-corrected chi connectivity index (χ3v) is 4.87. The predicted molar refractivity (Wildman–Crippen MR) is 111 cm³/mol. The predicted octanol–water partition coefficient (Wildman–Crippen LogP) is 3.81. The molecule has 0 spiro atoms. The van der Waals surface area contributed by atoms with Gasteiger partial charge in [-0.25, -0.2) is 0 Å². The van der Waals surface area contributed by atoms with Gasteiger partial charge >= 0.3 is 0 Å². The number of allylic oxidation sites excluding steroid dienone is 1. The van der Waals surface area contributed by atoms with Crippen molar-refractivity contribution in [1.29, 1.82) is 5.26 Å². The number of nitrogens with zero attached hydrogens (tertiary/aromatic N) is 1. The topological polar surface area (TPSA) is 108 Å². The van der Waals surface area contributed by atoms with Gasteiger partial charge in [0, 0.05) is 0 Å². The second-order valence-corrected chi connectivity index (χ2v) is 6.63.